The smallest absolute Gasteiger partial charge is 0.119 e. The van der Waals surface area contributed by atoms with E-state index in [0.29, 0.717) is 6.04 Å². The van der Waals surface area contributed by atoms with Crippen LogP contribution < -0.4 is 10.1 Å². The van der Waals surface area contributed by atoms with E-state index < -0.39 is 0 Å². The van der Waals surface area contributed by atoms with Gasteiger partial charge in [0.15, 0.2) is 0 Å². The Bertz CT molecular complexity index is 459. The number of hydrogen-bond acceptors (Lipinski definition) is 3. The third kappa shape index (κ3) is 4.72. The van der Waals surface area contributed by atoms with Gasteiger partial charge >= 0.3 is 0 Å². The molecule has 1 aromatic heterocycles. The van der Waals surface area contributed by atoms with Gasteiger partial charge in [-0.3, -0.25) is 4.98 Å². The summed E-state index contributed by atoms with van der Waals surface area (Å²) in [6, 6.07) is 14.3. The molecule has 1 atom stereocenters. The fourth-order valence-corrected chi connectivity index (χ4v) is 1.87. The molecule has 0 saturated heterocycles. The van der Waals surface area contributed by atoms with Crippen LogP contribution in [0.5, 0.6) is 5.75 Å². The topological polar surface area (TPSA) is 34.1 Å². The molecule has 1 heterocycles. The third-order valence-corrected chi connectivity index (χ3v) is 2.99. The first-order valence-electron chi connectivity index (χ1n) is 6.67. The van der Waals surface area contributed by atoms with Gasteiger partial charge in [0.25, 0.3) is 0 Å². The maximum absolute atomic E-state index is 5.64. The molecule has 2 rings (SSSR count). The zero-order chi connectivity index (χ0) is 13.3. The Balaban J connectivity index is 1.62. The van der Waals surface area contributed by atoms with Crippen LogP contribution in [0, 0.1) is 0 Å². The molecule has 0 aliphatic rings. The van der Waals surface area contributed by atoms with Crippen molar-refractivity contribution in [3.05, 3.63) is 60.4 Å². The van der Waals surface area contributed by atoms with Crippen molar-refractivity contribution in [2.45, 2.75) is 19.4 Å². The van der Waals surface area contributed by atoms with Gasteiger partial charge < -0.3 is 10.1 Å². The lowest BCUT2D eigenvalue weighted by Gasteiger charge is -2.14. The van der Waals surface area contributed by atoms with Crippen molar-refractivity contribution in [3.63, 3.8) is 0 Å². The molecule has 0 saturated carbocycles. The minimum Gasteiger partial charge on any atom is -0.494 e. The van der Waals surface area contributed by atoms with E-state index in [4.69, 9.17) is 4.74 Å². The largest absolute Gasteiger partial charge is 0.494 e. The van der Waals surface area contributed by atoms with E-state index in [-0.39, 0.29) is 0 Å². The maximum Gasteiger partial charge on any atom is 0.119 e. The number of nitrogens with one attached hydrogen (secondary N) is 1. The van der Waals surface area contributed by atoms with Gasteiger partial charge in [-0.1, -0.05) is 18.2 Å². The Morgan fingerprint density at radius 1 is 1.11 bits per heavy atom. The number of hydrogen-bond donors (Lipinski definition) is 1. The van der Waals surface area contributed by atoms with Crippen molar-refractivity contribution in [1.29, 1.82) is 0 Å². The van der Waals surface area contributed by atoms with Crippen molar-refractivity contribution in [1.82, 2.24) is 10.3 Å². The molecule has 0 radical (unpaired) electrons. The van der Waals surface area contributed by atoms with E-state index in [1.165, 1.54) is 5.56 Å². The summed E-state index contributed by atoms with van der Waals surface area (Å²) in [7, 11) is 0. The number of ether oxygens (including phenoxy) is 1. The van der Waals surface area contributed by atoms with Gasteiger partial charge in [0, 0.05) is 18.4 Å². The molecule has 3 heteroatoms. The minimum absolute atomic E-state index is 0.347. The van der Waals surface area contributed by atoms with E-state index in [9.17, 15) is 0 Å². The molecule has 1 aromatic carbocycles. The van der Waals surface area contributed by atoms with E-state index >= 15 is 0 Å². The highest BCUT2D eigenvalue weighted by Gasteiger charge is 2.02. The van der Waals surface area contributed by atoms with Crippen LogP contribution in [0.3, 0.4) is 0 Å². The van der Waals surface area contributed by atoms with Gasteiger partial charge in [-0.05, 0) is 49.7 Å². The van der Waals surface area contributed by atoms with Gasteiger partial charge in [-0.2, -0.15) is 0 Å². The molecule has 0 aliphatic heterocycles. The predicted molar refractivity (Wildman–Crippen MR) is 77.2 cm³/mol. The van der Waals surface area contributed by atoms with Crippen molar-refractivity contribution in [2.24, 2.45) is 0 Å². The van der Waals surface area contributed by atoms with Crippen LogP contribution in [-0.4, -0.2) is 18.1 Å². The standard InChI is InChI=1S/C16H20N2O/c1-14(15-8-11-17-12-9-15)18-10-5-13-19-16-6-3-2-4-7-16/h2-4,6-9,11-12,14,18H,5,10,13H2,1H3/t14-/m0/s1. The molecule has 0 amide bonds. The van der Waals surface area contributed by atoms with Crippen LogP contribution in [0.4, 0.5) is 0 Å². The predicted octanol–water partition coefficient (Wildman–Crippen LogP) is 3.20. The van der Waals surface area contributed by atoms with E-state index in [1.807, 2.05) is 54.9 Å². The zero-order valence-electron chi connectivity index (χ0n) is 11.3. The molecular formula is C16H20N2O. The summed E-state index contributed by atoms with van der Waals surface area (Å²) < 4.78 is 5.64. The van der Waals surface area contributed by atoms with Crippen molar-refractivity contribution < 1.29 is 4.74 Å². The van der Waals surface area contributed by atoms with Crippen molar-refractivity contribution in [3.8, 4) is 5.75 Å². The minimum atomic E-state index is 0.347. The summed E-state index contributed by atoms with van der Waals surface area (Å²) >= 11 is 0. The average Bonchev–Trinajstić information content (AvgIpc) is 2.49. The molecule has 19 heavy (non-hydrogen) atoms. The molecule has 3 nitrogen and oxygen atoms in total. The number of nitrogens with zero attached hydrogens (tertiary/aromatic N) is 1. The van der Waals surface area contributed by atoms with Gasteiger partial charge in [0.1, 0.15) is 5.75 Å². The number of rotatable bonds is 7. The molecular weight excluding hydrogens is 236 g/mol. The van der Waals surface area contributed by atoms with E-state index in [2.05, 4.69) is 17.2 Å². The van der Waals surface area contributed by atoms with Gasteiger partial charge in [0.2, 0.25) is 0 Å². The van der Waals surface area contributed by atoms with Crippen LogP contribution in [0.15, 0.2) is 54.9 Å². The summed E-state index contributed by atoms with van der Waals surface area (Å²) in [6.45, 7) is 3.84. The zero-order valence-corrected chi connectivity index (χ0v) is 11.3. The number of pyridine rings is 1. The van der Waals surface area contributed by atoms with Crippen molar-refractivity contribution >= 4 is 0 Å². The molecule has 100 valence electrons. The number of benzene rings is 1. The first kappa shape index (κ1) is 13.6. The monoisotopic (exact) mass is 256 g/mol. The Kier molecular flexibility index (Phi) is 5.38. The van der Waals surface area contributed by atoms with Crippen LogP contribution in [0.25, 0.3) is 0 Å². The normalized spacial score (nSPS) is 12.1. The summed E-state index contributed by atoms with van der Waals surface area (Å²) in [6.07, 6.45) is 4.64. The quantitative estimate of drug-likeness (QED) is 0.772. The Hall–Kier alpha value is -1.87. The van der Waals surface area contributed by atoms with Crippen LogP contribution in [0.1, 0.15) is 24.9 Å². The van der Waals surface area contributed by atoms with Crippen molar-refractivity contribution in [2.75, 3.05) is 13.2 Å². The molecule has 0 unspecified atom stereocenters. The van der Waals surface area contributed by atoms with Gasteiger partial charge in [-0.25, -0.2) is 0 Å². The fraction of sp³-hybridized carbons (Fsp3) is 0.312. The number of para-hydroxylation sites is 1. The molecule has 0 aliphatic carbocycles. The van der Waals surface area contributed by atoms with Crippen LogP contribution in [0.2, 0.25) is 0 Å². The van der Waals surface area contributed by atoms with Gasteiger partial charge in [0.05, 0.1) is 6.61 Å². The van der Waals surface area contributed by atoms with Crippen LogP contribution >= 0.6 is 0 Å². The third-order valence-electron chi connectivity index (χ3n) is 2.99. The summed E-state index contributed by atoms with van der Waals surface area (Å²) in [4.78, 5) is 4.02. The maximum atomic E-state index is 5.64. The van der Waals surface area contributed by atoms with E-state index in [0.717, 1.165) is 25.3 Å². The molecule has 0 spiro atoms. The molecule has 0 bridgehead atoms. The fourth-order valence-electron chi connectivity index (χ4n) is 1.87. The Labute approximate surface area is 114 Å². The highest BCUT2D eigenvalue weighted by Crippen LogP contribution is 2.10. The second-order valence-corrected chi connectivity index (χ2v) is 4.47. The highest BCUT2D eigenvalue weighted by molar-refractivity contribution is 5.20. The SMILES string of the molecule is C[C@H](NCCCOc1ccccc1)c1ccncc1. The lowest BCUT2D eigenvalue weighted by Crippen LogP contribution is -2.21. The van der Waals surface area contributed by atoms with E-state index in [1.54, 1.807) is 0 Å². The molecule has 2 aromatic rings. The summed E-state index contributed by atoms with van der Waals surface area (Å²) in [5.74, 6) is 0.935. The summed E-state index contributed by atoms with van der Waals surface area (Å²) in [5, 5.41) is 3.48. The first-order valence-corrected chi connectivity index (χ1v) is 6.67. The second-order valence-electron chi connectivity index (χ2n) is 4.47. The number of aromatic nitrogens is 1. The van der Waals surface area contributed by atoms with Crippen LogP contribution in [-0.2, 0) is 0 Å². The summed E-state index contributed by atoms with van der Waals surface area (Å²) in [5.41, 5.74) is 1.26. The average molecular weight is 256 g/mol. The lowest BCUT2D eigenvalue weighted by molar-refractivity contribution is 0.305. The first-order chi connectivity index (χ1) is 9.36. The highest BCUT2D eigenvalue weighted by atomic mass is 16.5. The Morgan fingerprint density at radius 3 is 2.58 bits per heavy atom. The Morgan fingerprint density at radius 2 is 1.84 bits per heavy atom. The second kappa shape index (κ2) is 7.54. The van der Waals surface area contributed by atoms with Gasteiger partial charge in [-0.15, -0.1) is 0 Å². The molecule has 1 N–H and O–H groups in total. The molecule has 0 fully saturated rings. The lowest BCUT2D eigenvalue weighted by atomic mass is 10.1.